The lowest BCUT2D eigenvalue weighted by atomic mass is 10.1. The number of methoxy groups -OCH3 is 1. The van der Waals surface area contributed by atoms with Crippen LogP contribution in [0.5, 0.6) is 5.75 Å². The maximum absolute atomic E-state index is 11.9. The molecule has 0 atom stereocenters. The molecule has 0 N–H and O–H groups in total. The number of carbonyl (C=O) groups is 1. The third kappa shape index (κ3) is 4.26. The van der Waals surface area contributed by atoms with Gasteiger partial charge in [0.1, 0.15) is 11.6 Å². The van der Waals surface area contributed by atoms with Gasteiger partial charge in [-0.3, -0.25) is 0 Å². The van der Waals surface area contributed by atoms with Gasteiger partial charge in [0.15, 0.2) is 0 Å². The Morgan fingerprint density at radius 3 is 2.64 bits per heavy atom. The predicted octanol–water partition coefficient (Wildman–Crippen LogP) is 3.34. The van der Waals surface area contributed by atoms with Gasteiger partial charge in [0.2, 0.25) is 0 Å². The Kier molecular flexibility index (Phi) is 5.46. The monoisotopic (exact) mass is 336 g/mol. The van der Waals surface area contributed by atoms with Crippen LogP contribution in [0.1, 0.15) is 21.7 Å². The van der Waals surface area contributed by atoms with Crippen molar-refractivity contribution in [3.8, 4) is 5.75 Å². The second kappa shape index (κ2) is 8.15. The SMILES string of the molecule is COC(=O)c1ccccc1Cn1ccnc1CCOc1ccccc1. The molecule has 5 nitrogen and oxygen atoms in total. The van der Waals surface area contributed by atoms with E-state index in [2.05, 4.69) is 4.98 Å². The molecule has 0 bridgehead atoms. The second-order valence-corrected chi connectivity index (χ2v) is 5.53. The van der Waals surface area contributed by atoms with Crippen LogP contribution in [0.3, 0.4) is 0 Å². The molecule has 0 spiro atoms. The van der Waals surface area contributed by atoms with Crippen molar-refractivity contribution in [3.63, 3.8) is 0 Å². The molecule has 128 valence electrons. The minimum atomic E-state index is -0.329. The fourth-order valence-electron chi connectivity index (χ4n) is 2.64. The number of aromatic nitrogens is 2. The third-order valence-electron chi connectivity index (χ3n) is 3.90. The van der Waals surface area contributed by atoms with Crippen molar-refractivity contribution in [2.75, 3.05) is 13.7 Å². The van der Waals surface area contributed by atoms with Gasteiger partial charge < -0.3 is 14.0 Å². The van der Waals surface area contributed by atoms with E-state index < -0.39 is 0 Å². The summed E-state index contributed by atoms with van der Waals surface area (Å²) in [5, 5.41) is 0. The molecule has 1 heterocycles. The lowest BCUT2D eigenvalue weighted by Crippen LogP contribution is -2.12. The first-order valence-corrected chi connectivity index (χ1v) is 8.12. The minimum Gasteiger partial charge on any atom is -0.493 e. The number of hydrogen-bond acceptors (Lipinski definition) is 4. The van der Waals surface area contributed by atoms with Crippen LogP contribution >= 0.6 is 0 Å². The fraction of sp³-hybridized carbons (Fsp3) is 0.200. The number of esters is 1. The highest BCUT2D eigenvalue weighted by Gasteiger charge is 2.12. The minimum absolute atomic E-state index is 0.329. The standard InChI is InChI=1S/C20H20N2O3/c1-24-20(23)18-10-6-5-7-16(18)15-22-13-12-21-19(22)11-14-25-17-8-3-2-4-9-17/h2-10,12-13H,11,14-15H2,1H3. The van der Waals surface area contributed by atoms with Gasteiger partial charge >= 0.3 is 5.97 Å². The second-order valence-electron chi connectivity index (χ2n) is 5.53. The fourth-order valence-corrected chi connectivity index (χ4v) is 2.64. The van der Waals surface area contributed by atoms with Gasteiger partial charge in [-0.25, -0.2) is 9.78 Å². The molecule has 3 rings (SSSR count). The number of para-hydroxylation sites is 1. The van der Waals surface area contributed by atoms with Crippen LogP contribution in [-0.2, 0) is 17.7 Å². The zero-order valence-electron chi connectivity index (χ0n) is 14.1. The highest BCUT2D eigenvalue weighted by atomic mass is 16.5. The molecular weight excluding hydrogens is 316 g/mol. The Morgan fingerprint density at radius 1 is 1.08 bits per heavy atom. The van der Waals surface area contributed by atoms with Crippen molar-refractivity contribution in [2.45, 2.75) is 13.0 Å². The number of ether oxygens (including phenoxy) is 2. The molecule has 0 saturated carbocycles. The summed E-state index contributed by atoms with van der Waals surface area (Å²) < 4.78 is 12.6. The normalized spacial score (nSPS) is 10.4. The van der Waals surface area contributed by atoms with Gasteiger partial charge in [0.05, 0.1) is 19.3 Å². The zero-order valence-corrected chi connectivity index (χ0v) is 14.1. The highest BCUT2D eigenvalue weighted by molar-refractivity contribution is 5.90. The Labute approximate surface area is 146 Å². The molecule has 0 aliphatic heterocycles. The predicted molar refractivity (Wildman–Crippen MR) is 94.8 cm³/mol. The molecule has 0 aliphatic rings. The molecule has 3 aromatic rings. The van der Waals surface area contributed by atoms with Crippen molar-refractivity contribution in [1.82, 2.24) is 9.55 Å². The molecular formula is C20H20N2O3. The first kappa shape index (κ1) is 16.8. The Morgan fingerprint density at radius 2 is 1.84 bits per heavy atom. The molecule has 5 heteroatoms. The van der Waals surface area contributed by atoms with Crippen LogP contribution in [-0.4, -0.2) is 29.2 Å². The average molecular weight is 336 g/mol. The van der Waals surface area contributed by atoms with E-state index in [0.717, 1.165) is 17.1 Å². The highest BCUT2D eigenvalue weighted by Crippen LogP contribution is 2.14. The van der Waals surface area contributed by atoms with Gasteiger partial charge in [-0.05, 0) is 23.8 Å². The summed E-state index contributed by atoms with van der Waals surface area (Å²) in [5.74, 6) is 1.43. The van der Waals surface area contributed by atoms with Crippen LogP contribution in [0.25, 0.3) is 0 Å². The zero-order chi connectivity index (χ0) is 17.5. The van der Waals surface area contributed by atoms with Gasteiger partial charge in [-0.15, -0.1) is 0 Å². The van der Waals surface area contributed by atoms with E-state index in [1.807, 2.05) is 59.3 Å². The maximum atomic E-state index is 11.9. The smallest absolute Gasteiger partial charge is 0.338 e. The number of rotatable bonds is 7. The first-order chi connectivity index (χ1) is 12.3. The molecule has 1 aromatic heterocycles. The van der Waals surface area contributed by atoms with Gasteiger partial charge in [-0.1, -0.05) is 36.4 Å². The van der Waals surface area contributed by atoms with Gasteiger partial charge in [0.25, 0.3) is 0 Å². The van der Waals surface area contributed by atoms with E-state index in [0.29, 0.717) is 25.1 Å². The summed E-state index contributed by atoms with van der Waals surface area (Å²) >= 11 is 0. The lowest BCUT2D eigenvalue weighted by Gasteiger charge is -2.12. The Hall–Kier alpha value is -3.08. The van der Waals surface area contributed by atoms with Crippen molar-refractivity contribution >= 4 is 5.97 Å². The summed E-state index contributed by atoms with van der Waals surface area (Å²) in [6, 6.07) is 17.2. The summed E-state index contributed by atoms with van der Waals surface area (Å²) in [7, 11) is 1.39. The Bertz CT molecular complexity index is 828. The van der Waals surface area contributed by atoms with Crippen molar-refractivity contribution in [2.24, 2.45) is 0 Å². The van der Waals surface area contributed by atoms with Crippen LogP contribution < -0.4 is 4.74 Å². The number of hydrogen-bond donors (Lipinski definition) is 0. The molecule has 0 amide bonds. The average Bonchev–Trinajstić information content (AvgIpc) is 3.09. The number of imidazole rings is 1. The molecule has 2 aromatic carbocycles. The van der Waals surface area contributed by atoms with E-state index >= 15 is 0 Å². The van der Waals surface area contributed by atoms with Gasteiger partial charge in [-0.2, -0.15) is 0 Å². The van der Waals surface area contributed by atoms with Crippen LogP contribution in [0, 0.1) is 0 Å². The van der Waals surface area contributed by atoms with E-state index in [4.69, 9.17) is 9.47 Å². The first-order valence-electron chi connectivity index (χ1n) is 8.12. The van der Waals surface area contributed by atoms with Crippen LogP contribution in [0.4, 0.5) is 0 Å². The summed E-state index contributed by atoms with van der Waals surface area (Å²) in [5.41, 5.74) is 1.47. The molecule has 0 unspecified atom stereocenters. The van der Waals surface area contributed by atoms with Crippen molar-refractivity contribution in [3.05, 3.63) is 83.9 Å². The third-order valence-corrected chi connectivity index (χ3v) is 3.90. The lowest BCUT2D eigenvalue weighted by molar-refractivity contribution is 0.0599. The summed E-state index contributed by atoms with van der Waals surface area (Å²) in [4.78, 5) is 16.3. The van der Waals surface area contributed by atoms with Crippen LogP contribution in [0.15, 0.2) is 67.0 Å². The molecule has 0 fully saturated rings. The molecule has 25 heavy (non-hydrogen) atoms. The quantitative estimate of drug-likeness (QED) is 0.621. The largest absolute Gasteiger partial charge is 0.493 e. The van der Waals surface area contributed by atoms with E-state index in [-0.39, 0.29) is 5.97 Å². The van der Waals surface area contributed by atoms with Crippen molar-refractivity contribution < 1.29 is 14.3 Å². The molecule has 0 aliphatic carbocycles. The van der Waals surface area contributed by atoms with E-state index in [9.17, 15) is 4.79 Å². The van der Waals surface area contributed by atoms with E-state index in [1.54, 1.807) is 12.3 Å². The summed E-state index contributed by atoms with van der Waals surface area (Å²) in [6.07, 6.45) is 4.35. The number of benzene rings is 2. The van der Waals surface area contributed by atoms with E-state index in [1.165, 1.54) is 7.11 Å². The van der Waals surface area contributed by atoms with Gasteiger partial charge in [0, 0.05) is 25.4 Å². The molecule has 0 saturated heterocycles. The molecule has 0 radical (unpaired) electrons. The number of nitrogens with zero attached hydrogens (tertiary/aromatic N) is 2. The number of carbonyl (C=O) groups excluding carboxylic acids is 1. The summed E-state index contributed by atoms with van der Waals surface area (Å²) in [6.45, 7) is 1.10. The topological polar surface area (TPSA) is 53.4 Å². The maximum Gasteiger partial charge on any atom is 0.338 e. The van der Waals surface area contributed by atoms with Crippen molar-refractivity contribution in [1.29, 1.82) is 0 Å². The van der Waals surface area contributed by atoms with Crippen LogP contribution in [0.2, 0.25) is 0 Å². The Balaban J connectivity index is 1.67.